The summed E-state index contributed by atoms with van der Waals surface area (Å²) in [6.45, 7) is 1.66. The van der Waals surface area contributed by atoms with Crippen LogP contribution >= 0.6 is 0 Å². The first-order chi connectivity index (χ1) is 12.2. The van der Waals surface area contributed by atoms with E-state index in [-0.39, 0.29) is 6.54 Å². The van der Waals surface area contributed by atoms with Gasteiger partial charge >= 0.3 is 0 Å². The molecule has 0 heterocycles. The molecule has 0 bridgehead atoms. The van der Waals surface area contributed by atoms with Gasteiger partial charge in [-0.3, -0.25) is 9.10 Å². The number of halogens is 2. The Kier molecular flexibility index (Phi) is 6.31. The number of anilines is 1. The number of hydrogen-bond acceptors (Lipinski definition) is 3. The monoisotopic (exact) mass is 382 g/mol. The topological polar surface area (TPSA) is 57.7 Å². The number of hydrogen-bond donors (Lipinski definition) is 0. The van der Waals surface area contributed by atoms with Gasteiger partial charge in [0, 0.05) is 13.1 Å². The molecule has 0 fully saturated rings. The Bertz CT molecular complexity index is 853. The Morgan fingerprint density at radius 1 is 1.00 bits per heavy atom. The quantitative estimate of drug-likeness (QED) is 0.740. The maximum atomic E-state index is 14.0. The third-order valence-corrected chi connectivity index (χ3v) is 4.93. The number of para-hydroxylation sites is 1. The molecule has 0 aliphatic heterocycles. The maximum absolute atomic E-state index is 14.0. The van der Waals surface area contributed by atoms with Crippen LogP contribution in [0.5, 0.6) is 0 Å². The van der Waals surface area contributed by atoms with Crippen LogP contribution in [0.4, 0.5) is 14.5 Å². The van der Waals surface area contributed by atoms with Gasteiger partial charge in [-0.2, -0.15) is 0 Å². The van der Waals surface area contributed by atoms with Crippen molar-refractivity contribution in [1.82, 2.24) is 4.90 Å². The number of rotatable bonds is 7. The highest BCUT2D eigenvalue weighted by Gasteiger charge is 2.28. The molecule has 0 spiro atoms. The van der Waals surface area contributed by atoms with Gasteiger partial charge in [-0.1, -0.05) is 36.4 Å². The van der Waals surface area contributed by atoms with Crippen LogP contribution in [-0.4, -0.2) is 38.6 Å². The molecule has 0 radical (unpaired) electrons. The summed E-state index contributed by atoms with van der Waals surface area (Å²) in [5, 5.41) is 0. The van der Waals surface area contributed by atoms with Crippen molar-refractivity contribution in [2.45, 2.75) is 13.5 Å². The van der Waals surface area contributed by atoms with Gasteiger partial charge in [0.1, 0.15) is 12.2 Å². The highest BCUT2D eigenvalue weighted by atomic mass is 32.2. The number of carbonyl (C=O) groups is 1. The zero-order chi connectivity index (χ0) is 19.3. The van der Waals surface area contributed by atoms with Crippen molar-refractivity contribution in [2.75, 3.05) is 23.7 Å². The molecule has 2 rings (SSSR count). The fraction of sp³-hybridized carbons (Fsp3) is 0.278. The third-order valence-electron chi connectivity index (χ3n) is 3.82. The SMILES string of the molecule is CCN(Cc1ccccc1)C(=O)CN(c1c(F)cccc1F)S(C)(=O)=O. The first-order valence-electron chi connectivity index (χ1n) is 7.97. The van der Waals surface area contributed by atoms with Crippen LogP contribution in [0.1, 0.15) is 12.5 Å². The van der Waals surface area contributed by atoms with Gasteiger partial charge in [-0.15, -0.1) is 0 Å². The van der Waals surface area contributed by atoms with Crippen molar-refractivity contribution >= 4 is 21.6 Å². The molecule has 5 nitrogen and oxygen atoms in total. The van der Waals surface area contributed by atoms with E-state index in [1.807, 2.05) is 30.3 Å². The second kappa shape index (κ2) is 8.27. The van der Waals surface area contributed by atoms with Gasteiger partial charge < -0.3 is 4.90 Å². The van der Waals surface area contributed by atoms with E-state index in [4.69, 9.17) is 0 Å². The molecule has 0 saturated carbocycles. The fourth-order valence-electron chi connectivity index (χ4n) is 2.49. The Hall–Kier alpha value is -2.48. The van der Waals surface area contributed by atoms with Gasteiger partial charge in [-0.25, -0.2) is 17.2 Å². The minimum atomic E-state index is -4.07. The molecular weight excluding hydrogens is 362 g/mol. The summed E-state index contributed by atoms with van der Waals surface area (Å²) in [4.78, 5) is 14.0. The van der Waals surface area contributed by atoms with Gasteiger partial charge in [0.15, 0.2) is 11.6 Å². The van der Waals surface area contributed by atoms with Crippen LogP contribution in [0.3, 0.4) is 0 Å². The van der Waals surface area contributed by atoms with E-state index in [2.05, 4.69) is 0 Å². The zero-order valence-corrected chi connectivity index (χ0v) is 15.3. The smallest absolute Gasteiger partial charge is 0.243 e. The minimum absolute atomic E-state index is 0.271. The first kappa shape index (κ1) is 19.8. The van der Waals surface area contributed by atoms with Gasteiger partial charge in [0.2, 0.25) is 15.9 Å². The summed E-state index contributed by atoms with van der Waals surface area (Å²) >= 11 is 0. The number of benzene rings is 2. The Labute approximate surface area is 151 Å². The van der Waals surface area contributed by atoms with Crippen molar-refractivity contribution in [2.24, 2.45) is 0 Å². The van der Waals surface area contributed by atoms with E-state index in [0.29, 0.717) is 10.8 Å². The Morgan fingerprint density at radius 2 is 1.58 bits per heavy atom. The molecule has 2 aromatic rings. The highest BCUT2D eigenvalue weighted by Crippen LogP contribution is 2.25. The Morgan fingerprint density at radius 3 is 2.08 bits per heavy atom. The summed E-state index contributed by atoms with van der Waals surface area (Å²) in [6.07, 6.45) is 0.805. The minimum Gasteiger partial charge on any atom is -0.337 e. The van der Waals surface area contributed by atoms with Crippen LogP contribution in [0.2, 0.25) is 0 Å². The number of amides is 1. The normalized spacial score (nSPS) is 11.2. The molecule has 0 atom stereocenters. The van der Waals surface area contributed by atoms with E-state index in [1.54, 1.807) is 6.92 Å². The van der Waals surface area contributed by atoms with Crippen molar-refractivity contribution in [3.8, 4) is 0 Å². The number of nitrogens with zero attached hydrogens (tertiary/aromatic N) is 2. The Balaban J connectivity index is 2.29. The molecule has 1 amide bonds. The summed E-state index contributed by atoms with van der Waals surface area (Å²) in [6, 6.07) is 12.2. The zero-order valence-electron chi connectivity index (χ0n) is 14.5. The fourth-order valence-corrected chi connectivity index (χ4v) is 3.34. The van der Waals surface area contributed by atoms with E-state index < -0.39 is 39.8 Å². The van der Waals surface area contributed by atoms with Crippen molar-refractivity contribution in [3.63, 3.8) is 0 Å². The van der Waals surface area contributed by atoms with E-state index in [0.717, 1.165) is 30.0 Å². The van der Waals surface area contributed by atoms with Crippen LogP contribution in [-0.2, 0) is 21.4 Å². The van der Waals surface area contributed by atoms with E-state index in [9.17, 15) is 22.0 Å². The molecule has 0 aromatic heterocycles. The summed E-state index contributed by atoms with van der Waals surface area (Å²) < 4.78 is 52.7. The maximum Gasteiger partial charge on any atom is 0.243 e. The predicted molar refractivity (Wildman–Crippen MR) is 96.1 cm³/mol. The molecule has 0 N–H and O–H groups in total. The molecule has 26 heavy (non-hydrogen) atoms. The molecule has 8 heteroatoms. The summed E-state index contributed by atoms with van der Waals surface area (Å²) in [5.74, 6) is -2.65. The van der Waals surface area contributed by atoms with Crippen molar-refractivity contribution in [1.29, 1.82) is 0 Å². The lowest BCUT2D eigenvalue weighted by Gasteiger charge is -2.27. The first-order valence-corrected chi connectivity index (χ1v) is 9.82. The van der Waals surface area contributed by atoms with Crippen LogP contribution < -0.4 is 4.31 Å². The number of carbonyl (C=O) groups excluding carboxylic acids is 1. The lowest BCUT2D eigenvalue weighted by Crippen LogP contribution is -2.43. The third kappa shape index (κ3) is 4.78. The molecule has 0 saturated heterocycles. The number of sulfonamides is 1. The predicted octanol–water partition coefficient (Wildman–Crippen LogP) is 2.78. The molecule has 140 valence electrons. The van der Waals surface area contributed by atoms with Gasteiger partial charge in [0.25, 0.3) is 0 Å². The van der Waals surface area contributed by atoms with Crippen molar-refractivity contribution in [3.05, 3.63) is 65.7 Å². The van der Waals surface area contributed by atoms with Crippen LogP contribution in [0.25, 0.3) is 0 Å². The van der Waals surface area contributed by atoms with Gasteiger partial charge in [0.05, 0.1) is 6.26 Å². The lowest BCUT2D eigenvalue weighted by molar-refractivity contribution is -0.129. The molecule has 0 aliphatic carbocycles. The average molecular weight is 382 g/mol. The van der Waals surface area contributed by atoms with E-state index in [1.165, 1.54) is 4.90 Å². The standard InChI is InChI=1S/C18H20F2N2O3S/c1-3-21(12-14-8-5-4-6-9-14)17(23)13-22(26(2,24)25)18-15(19)10-7-11-16(18)20/h4-11H,3,12-13H2,1-2H3. The molecule has 0 unspecified atom stereocenters. The highest BCUT2D eigenvalue weighted by molar-refractivity contribution is 7.92. The second-order valence-corrected chi connectivity index (χ2v) is 7.64. The largest absolute Gasteiger partial charge is 0.337 e. The summed E-state index contributed by atoms with van der Waals surface area (Å²) in [5.41, 5.74) is 0.116. The average Bonchev–Trinajstić information content (AvgIpc) is 2.58. The van der Waals surface area contributed by atoms with Crippen LogP contribution in [0, 0.1) is 11.6 Å². The second-order valence-electron chi connectivity index (χ2n) is 5.73. The van der Waals surface area contributed by atoms with E-state index >= 15 is 0 Å². The van der Waals surface area contributed by atoms with Crippen LogP contribution in [0.15, 0.2) is 48.5 Å². The van der Waals surface area contributed by atoms with Gasteiger partial charge in [-0.05, 0) is 24.6 Å². The lowest BCUT2D eigenvalue weighted by atomic mass is 10.2. The van der Waals surface area contributed by atoms with Crippen molar-refractivity contribution < 1.29 is 22.0 Å². The molecular formula is C18H20F2N2O3S. The molecule has 0 aliphatic rings. The number of likely N-dealkylation sites (N-methyl/N-ethyl adjacent to an activating group) is 1. The summed E-state index contributed by atoms with van der Waals surface area (Å²) in [7, 11) is -4.07. The molecule has 2 aromatic carbocycles.